The van der Waals surface area contributed by atoms with E-state index in [1.165, 1.54) is 11.5 Å². The zero-order valence-corrected chi connectivity index (χ0v) is 9.27. The monoisotopic (exact) mass is 212 g/mol. The van der Waals surface area contributed by atoms with Gasteiger partial charge < -0.3 is 10.2 Å². The van der Waals surface area contributed by atoms with E-state index < -0.39 is 0 Å². The summed E-state index contributed by atoms with van der Waals surface area (Å²) in [6.07, 6.45) is 3.99. The van der Waals surface area contributed by atoms with Gasteiger partial charge in [0.05, 0.1) is 5.69 Å². The molecule has 1 aromatic heterocycles. The summed E-state index contributed by atoms with van der Waals surface area (Å²) in [6.45, 7) is 2.70. The molecule has 78 valence electrons. The average molecular weight is 212 g/mol. The van der Waals surface area contributed by atoms with E-state index in [9.17, 15) is 0 Å². The maximum Gasteiger partial charge on any atom is 0.200 e. The molecule has 2 heterocycles. The Morgan fingerprint density at radius 2 is 2.29 bits per heavy atom. The van der Waals surface area contributed by atoms with Crippen LogP contribution in [-0.2, 0) is 12.0 Å². The number of nitrogens with two attached hydrogens (primary N) is 1. The van der Waals surface area contributed by atoms with Crippen LogP contribution in [0.5, 0.6) is 0 Å². The smallest absolute Gasteiger partial charge is 0.200 e. The molecule has 0 aliphatic carbocycles. The minimum absolute atomic E-state index is 0.138. The van der Waals surface area contributed by atoms with Crippen LogP contribution in [0.3, 0.4) is 0 Å². The molecular formula is C10H16N2OS. The maximum atomic E-state index is 5.51. The molecule has 0 spiro atoms. The van der Waals surface area contributed by atoms with Crippen molar-refractivity contribution in [3.05, 3.63) is 17.8 Å². The van der Waals surface area contributed by atoms with Crippen LogP contribution in [0.25, 0.3) is 0 Å². The highest BCUT2D eigenvalue weighted by molar-refractivity contribution is 7.99. The second-order valence-electron chi connectivity index (χ2n) is 4.02. The first kappa shape index (κ1) is 10.1. The largest absolute Gasteiger partial charge is 0.448 e. The first-order chi connectivity index (χ1) is 6.74. The quantitative estimate of drug-likeness (QED) is 0.813. The molecule has 0 saturated carbocycles. The molecule has 1 fully saturated rings. The van der Waals surface area contributed by atoms with Crippen LogP contribution in [0.2, 0.25) is 0 Å². The summed E-state index contributed by atoms with van der Waals surface area (Å²) in [5, 5.41) is 0. The fourth-order valence-electron chi connectivity index (χ4n) is 1.71. The van der Waals surface area contributed by atoms with Crippen molar-refractivity contribution in [2.24, 2.45) is 5.73 Å². The van der Waals surface area contributed by atoms with Crippen molar-refractivity contribution >= 4 is 11.8 Å². The Labute approximate surface area is 88.5 Å². The first-order valence-electron chi connectivity index (χ1n) is 4.97. The van der Waals surface area contributed by atoms with Gasteiger partial charge in [0.25, 0.3) is 0 Å². The molecule has 14 heavy (non-hydrogen) atoms. The van der Waals surface area contributed by atoms with Crippen LogP contribution < -0.4 is 5.73 Å². The number of aromatic nitrogens is 1. The normalized spacial score (nSPS) is 21.0. The molecule has 2 N–H and O–H groups in total. The Morgan fingerprint density at radius 1 is 1.57 bits per heavy atom. The van der Waals surface area contributed by atoms with E-state index in [1.54, 1.807) is 6.26 Å². The molecule has 4 heteroatoms. The van der Waals surface area contributed by atoms with Crippen LogP contribution in [-0.4, -0.2) is 16.5 Å². The molecule has 0 amide bonds. The predicted molar refractivity (Wildman–Crippen MR) is 58.3 cm³/mol. The van der Waals surface area contributed by atoms with Crippen molar-refractivity contribution in [2.45, 2.75) is 31.7 Å². The zero-order valence-electron chi connectivity index (χ0n) is 8.45. The zero-order chi connectivity index (χ0) is 10.0. The second-order valence-corrected chi connectivity index (χ2v) is 5.25. The van der Waals surface area contributed by atoms with E-state index in [-0.39, 0.29) is 5.41 Å². The standard InChI is InChI=1S/C10H16N2OS/c1-10(2-4-14-5-3-10)9-12-8(6-11)7-13-9/h7H,2-6,11H2,1H3. The highest BCUT2D eigenvalue weighted by Gasteiger charge is 2.33. The van der Waals surface area contributed by atoms with Crippen LogP contribution in [0.1, 0.15) is 31.4 Å². The van der Waals surface area contributed by atoms with Gasteiger partial charge in [0, 0.05) is 12.0 Å². The van der Waals surface area contributed by atoms with Crippen molar-refractivity contribution in [3.8, 4) is 0 Å². The summed E-state index contributed by atoms with van der Waals surface area (Å²) in [7, 11) is 0. The first-order valence-corrected chi connectivity index (χ1v) is 6.13. The van der Waals surface area contributed by atoms with Gasteiger partial charge >= 0.3 is 0 Å². The van der Waals surface area contributed by atoms with E-state index in [2.05, 4.69) is 11.9 Å². The minimum Gasteiger partial charge on any atom is -0.448 e. The SMILES string of the molecule is CC1(c2nc(CN)co2)CCSCC1. The molecule has 0 unspecified atom stereocenters. The van der Waals surface area contributed by atoms with Gasteiger partial charge in [0.15, 0.2) is 5.89 Å². The highest BCUT2D eigenvalue weighted by atomic mass is 32.2. The van der Waals surface area contributed by atoms with E-state index in [1.807, 2.05) is 11.8 Å². The summed E-state index contributed by atoms with van der Waals surface area (Å²) < 4.78 is 5.50. The molecule has 1 aromatic rings. The molecule has 0 aromatic carbocycles. The Kier molecular flexibility index (Phi) is 2.83. The molecule has 1 saturated heterocycles. The fourth-order valence-corrected chi connectivity index (χ4v) is 3.11. The Hall–Kier alpha value is -0.480. The van der Waals surface area contributed by atoms with Gasteiger partial charge in [-0.3, -0.25) is 0 Å². The van der Waals surface area contributed by atoms with Crippen molar-refractivity contribution < 1.29 is 4.42 Å². The molecule has 3 nitrogen and oxygen atoms in total. The van der Waals surface area contributed by atoms with Crippen molar-refractivity contribution in [2.75, 3.05) is 11.5 Å². The molecule has 2 rings (SSSR count). The number of oxazole rings is 1. The van der Waals surface area contributed by atoms with Crippen LogP contribution in [0, 0.1) is 0 Å². The average Bonchev–Trinajstić information content (AvgIpc) is 2.67. The third-order valence-corrected chi connectivity index (χ3v) is 3.86. The predicted octanol–water partition coefficient (Wildman–Crippen LogP) is 1.92. The summed E-state index contributed by atoms with van der Waals surface area (Å²) in [5.74, 6) is 3.28. The molecule has 0 bridgehead atoms. The van der Waals surface area contributed by atoms with Crippen LogP contribution >= 0.6 is 11.8 Å². The topological polar surface area (TPSA) is 52.0 Å². The van der Waals surface area contributed by atoms with Crippen LogP contribution in [0.15, 0.2) is 10.7 Å². The number of thioether (sulfide) groups is 1. The highest BCUT2D eigenvalue weighted by Crippen LogP contribution is 2.37. The van der Waals surface area contributed by atoms with Gasteiger partial charge in [-0.1, -0.05) is 6.92 Å². The molecule has 1 aliphatic heterocycles. The van der Waals surface area contributed by atoms with Gasteiger partial charge in [-0.15, -0.1) is 0 Å². The van der Waals surface area contributed by atoms with E-state index >= 15 is 0 Å². The molecular weight excluding hydrogens is 196 g/mol. The lowest BCUT2D eigenvalue weighted by atomic mass is 9.84. The summed E-state index contributed by atoms with van der Waals surface area (Å²) in [5.41, 5.74) is 6.51. The van der Waals surface area contributed by atoms with Gasteiger partial charge in [0.2, 0.25) is 0 Å². The minimum atomic E-state index is 0.138. The van der Waals surface area contributed by atoms with Crippen molar-refractivity contribution in [1.82, 2.24) is 4.98 Å². The third-order valence-electron chi connectivity index (χ3n) is 2.87. The van der Waals surface area contributed by atoms with Gasteiger partial charge in [-0.05, 0) is 24.3 Å². The Balaban J connectivity index is 2.19. The van der Waals surface area contributed by atoms with E-state index in [0.29, 0.717) is 6.54 Å². The van der Waals surface area contributed by atoms with Gasteiger partial charge in [-0.2, -0.15) is 11.8 Å². The van der Waals surface area contributed by atoms with Gasteiger partial charge in [0.1, 0.15) is 6.26 Å². The summed E-state index contributed by atoms with van der Waals surface area (Å²) in [4.78, 5) is 4.42. The van der Waals surface area contributed by atoms with Crippen LogP contribution in [0.4, 0.5) is 0 Å². The van der Waals surface area contributed by atoms with E-state index in [4.69, 9.17) is 10.2 Å². The number of hydrogen-bond acceptors (Lipinski definition) is 4. The summed E-state index contributed by atoms with van der Waals surface area (Å²) >= 11 is 2.01. The molecule has 0 atom stereocenters. The molecule has 1 aliphatic rings. The number of hydrogen-bond donors (Lipinski definition) is 1. The number of nitrogens with zero attached hydrogens (tertiary/aromatic N) is 1. The maximum absolute atomic E-state index is 5.51. The Morgan fingerprint density at radius 3 is 2.86 bits per heavy atom. The Bertz CT molecular complexity index is 305. The van der Waals surface area contributed by atoms with Gasteiger partial charge in [-0.25, -0.2) is 4.98 Å². The lowest BCUT2D eigenvalue weighted by Crippen LogP contribution is -2.27. The number of rotatable bonds is 2. The lowest BCUT2D eigenvalue weighted by Gasteiger charge is -2.29. The lowest BCUT2D eigenvalue weighted by molar-refractivity contribution is 0.324. The fraction of sp³-hybridized carbons (Fsp3) is 0.700. The second kappa shape index (κ2) is 3.95. The summed E-state index contributed by atoms with van der Waals surface area (Å²) in [6, 6.07) is 0. The van der Waals surface area contributed by atoms with Crippen molar-refractivity contribution in [1.29, 1.82) is 0 Å². The molecule has 0 radical (unpaired) electrons. The van der Waals surface area contributed by atoms with E-state index in [0.717, 1.165) is 24.4 Å². The van der Waals surface area contributed by atoms with Crippen molar-refractivity contribution in [3.63, 3.8) is 0 Å². The third kappa shape index (κ3) is 1.81.